The van der Waals surface area contributed by atoms with Gasteiger partial charge in [-0.2, -0.15) is 4.98 Å². The zero-order valence-electron chi connectivity index (χ0n) is 9.93. The summed E-state index contributed by atoms with van der Waals surface area (Å²) >= 11 is 0. The third-order valence-corrected chi connectivity index (χ3v) is 2.39. The molecule has 0 spiro atoms. The van der Waals surface area contributed by atoms with Gasteiger partial charge in [0, 0.05) is 6.54 Å². The third-order valence-electron chi connectivity index (χ3n) is 2.39. The first-order valence-corrected chi connectivity index (χ1v) is 5.45. The Morgan fingerprint density at radius 1 is 1.35 bits per heavy atom. The van der Waals surface area contributed by atoms with E-state index in [1.807, 2.05) is 24.3 Å². The average molecular weight is 233 g/mol. The van der Waals surface area contributed by atoms with E-state index < -0.39 is 0 Å². The largest absolute Gasteiger partial charge is 0.496 e. The number of aromatic nitrogens is 2. The lowest BCUT2D eigenvalue weighted by Crippen LogP contribution is -2.06. The summed E-state index contributed by atoms with van der Waals surface area (Å²) in [5, 5.41) is 6.77. The van der Waals surface area contributed by atoms with Gasteiger partial charge in [-0.3, -0.25) is 0 Å². The molecule has 1 N–H and O–H groups in total. The van der Waals surface area contributed by atoms with E-state index in [1.165, 1.54) is 0 Å². The number of anilines is 1. The summed E-state index contributed by atoms with van der Waals surface area (Å²) < 4.78 is 10.2. The monoisotopic (exact) mass is 233 g/mol. The second kappa shape index (κ2) is 5.34. The molecule has 0 amide bonds. The van der Waals surface area contributed by atoms with E-state index >= 15 is 0 Å². The van der Waals surface area contributed by atoms with Crippen molar-refractivity contribution in [2.45, 2.75) is 13.3 Å². The maximum Gasteiger partial charge on any atom is 0.321 e. The summed E-state index contributed by atoms with van der Waals surface area (Å²) in [7, 11) is 1.67. The number of rotatable bonds is 5. The molecule has 1 aromatic heterocycles. The standard InChI is InChI=1S/C12H15N3O2/c1-9-14-12(17-15-9)13-8-7-10-5-3-4-6-11(10)16-2/h3-6H,7-8H2,1-2H3,(H,13,14,15). The predicted octanol–water partition coefficient (Wildman–Crippen LogP) is 2.04. The van der Waals surface area contributed by atoms with E-state index in [0.29, 0.717) is 11.8 Å². The van der Waals surface area contributed by atoms with Crippen LogP contribution in [0.1, 0.15) is 11.4 Å². The highest BCUT2D eigenvalue weighted by Crippen LogP contribution is 2.17. The number of methoxy groups -OCH3 is 1. The van der Waals surface area contributed by atoms with Gasteiger partial charge in [-0.05, 0) is 25.0 Å². The molecule has 0 aliphatic carbocycles. The Morgan fingerprint density at radius 2 is 2.18 bits per heavy atom. The predicted molar refractivity (Wildman–Crippen MR) is 64.2 cm³/mol. The number of ether oxygens (including phenoxy) is 1. The summed E-state index contributed by atoms with van der Waals surface area (Å²) in [6, 6.07) is 8.40. The summed E-state index contributed by atoms with van der Waals surface area (Å²) in [6.45, 7) is 2.51. The fourth-order valence-corrected chi connectivity index (χ4v) is 1.58. The van der Waals surface area contributed by atoms with Crippen molar-refractivity contribution in [1.82, 2.24) is 10.1 Å². The van der Waals surface area contributed by atoms with Crippen LogP contribution in [0, 0.1) is 6.92 Å². The first kappa shape index (κ1) is 11.4. The van der Waals surface area contributed by atoms with E-state index in [4.69, 9.17) is 9.26 Å². The van der Waals surface area contributed by atoms with Crippen molar-refractivity contribution in [2.24, 2.45) is 0 Å². The fraction of sp³-hybridized carbons (Fsp3) is 0.333. The molecule has 0 aliphatic heterocycles. The molecular formula is C12H15N3O2. The first-order chi connectivity index (χ1) is 8.29. The lowest BCUT2D eigenvalue weighted by Gasteiger charge is -2.07. The van der Waals surface area contributed by atoms with Gasteiger partial charge in [0.1, 0.15) is 5.75 Å². The average Bonchev–Trinajstić information content (AvgIpc) is 2.76. The van der Waals surface area contributed by atoms with Crippen molar-refractivity contribution in [3.8, 4) is 5.75 Å². The van der Waals surface area contributed by atoms with Crippen molar-refractivity contribution in [3.63, 3.8) is 0 Å². The number of aryl methyl sites for hydroxylation is 1. The van der Waals surface area contributed by atoms with Gasteiger partial charge in [0.05, 0.1) is 7.11 Å². The van der Waals surface area contributed by atoms with Gasteiger partial charge in [-0.1, -0.05) is 23.4 Å². The van der Waals surface area contributed by atoms with Crippen molar-refractivity contribution >= 4 is 6.01 Å². The summed E-state index contributed by atoms with van der Waals surface area (Å²) in [5.74, 6) is 1.53. The summed E-state index contributed by atoms with van der Waals surface area (Å²) in [6.07, 6.45) is 0.839. The first-order valence-electron chi connectivity index (χ1n) is 5.45. The molecule has 1 heterocycles. The molecule has 0 saturated carbocycles. The molecule has 0 saturated heterocycles. The molecule has 0 bridgehead atoms. The molecule has 90 valence electrons. The molecule has 5 nitrogen and oxygen atoms in total. The Kier molecular flexibility index (Phi) is 3.59. The van der Waals surface area contributed by atoms with Crippen LogP contribution >= 0.6 is 0 Å². The molecule has 0 unspecified atom stereocenters. The maximum absolute atomic E-state index is 5.27. The topological polar surface area (TPSA) is 60.2 Å². The van der Waals surface area contributed by atoms with Crippen LogP contribution in [0.4, 0.5) is 6.01 Å². The molecule has 0 aliphatic rings. The Labute approximate surface area is 99.8 Å². The van der Waals surface area contributed by atoms with Crippen LogP contribution in [-0.4, -0.2) is 23.8 Å². The minimum atomic E-state index is 0.456. The number of nitrogens with one attached hydrogen (secondary N) is 1. The number of hydrogen-bond acceptors (Lipinski definition) is 5. The Bertz CT molecular complexity index is 482. The normalized spacial score (nSPS) is 10.2. The molecule has 2 rings (SSSR count). The second-order valence-corrected chi connectivity index (χ2v) is 3.64. The number of benzene rings is 1. The zero-order chi connectivity index (χ0) is 12.1. The van der Waals surface area contributed by atoms with Gasteiger partial charge in [0.15, 0.2) is 5.82 Å². The molecule has 5 heteroatoms. The Balaban J connectivity index is 1.89. The molecule has 0 atom stereocenters. The molecule has 0 radical (unpaired) electrons. The zero-order valence-corrected chi connectivity index (χ0v) is 9.93. The van der Waals surface area contributed by atoms with Crippen molar-refractivity contribution in [3.05, 3.63) is 35.7 Å². The molecular weight excluding hydrogens is 218 g/mol. The molecule has 1 aromatic carbocycles. The quantitative estimate of drug-likeness (QED) is 0.856. The van der Waals surface area contributed by atoms with Crippen LogP contribution in [0.15, 0.2) is 28.8 Å². The lowest BCUT2D eigenvalue weighted by atomic mass is 10.1. The van der Waals surface area contributed by atoms with Gasteiger partial charge >= 0.3 is 6.01 Å². The molecule has 2 aromatic rings. The number of nitrogens with zero attached hydrogens (tertiary/aromatic N) is 2. The van der Waals surface area contributed by atoms with Crippen LogP contribution in [0.3, 0.4) is 0 Å². The van der Waals surface area contributed by atoms with E-state index in [9.17, 15) is 0 Å². The minimum Gasteiger partial charge on any atom is -0.496 e. The molecule has 0 fully saturated rings. The van der Waals surface area contributed by atoms with Crippen molar-refractivity contribution in [2.75, 3.05) is 19.0 Å². The lowest BCUT2D eigenvalue weighted by molar-refractivity contribution is 0.409. The van der Waals surface area contributed by atoms with Crippen LogP contribution < -0.4 is 10.1 Å². The smallest absolute Gasteiger partial charge is 0.321 e. The fourth-order valence-electron chi connectivity index (χ4n) is 1.58. The van der Waals surface area contributed by atoms with E-state index in [1.54, 1.807) is 14.0 Å². The highest BCUT2D eigenvalue weighted by atomic mass is 16.5. The number of hydrogen-bond donors (Lipinski definition) is 1. The van der Waals surface area contributed by atoms with Crippen molar-refractivity contribution < 1.29 is 9.26 Å². The molecule has 17 heavy (non-hydrogen) atoms. The SMILES string of the molecule is COc1ccccc1CCNc1nc(C)no1. The summed E-state index contributed by atoms with van der Waals surface area (Å²) in [5.41, 5.74) is 1.15. The second-order valence-electron chi connectivity index (χ2n) is 3.64. The third kappa shape index (κ3) is 2.96. The van der Waals surface area contributed by atoms with E-state index in [-0.39, 0.29) is 0 Å². The van der Waals surface area contributed by atoms with Gasteiger partial charge in [0.25, 0.3) is 0 Å². The maximum atomic E-state index is 5.27. The summed E-state index contributed by atoms with van der Waals surface area (Å²) in [4.78, 5) is 4.06. The van der Waals surface area contributed by atoms with Crippen molar-refractivity contribution in [1.29, 1.82) is 0 Å². The highest BCUT2D eigenvalue weighted by molar-refractivity contribution is 5.34. The Morgan fingerprint density at radius 3 is 2.88 bits per heavy atom. The van der Waals surface area contributed by atoms with E-state index in [2.05, 4.69) is 15.5 Å². The number of para-hydroxylation sites is 1. The van der Waals surface area contributed by atoms with E-state index in [0.717, 1.165) is 24.3 Å². The van der Waals surface area contributed by atoms with Gasteiger partial charge in [-0.15, -0.1) is 0 Å². The minimum absolute atomic E-state index is 0.456. The van der Waals surface area contributed by atoms with Crippen LogP contribution in [0.2, 0.25) is 0 Å². The van der Waals surface area contributed by atoms with Crippen LogP contribution in [0.25, 0.3) is 0 Å². The Hall–Kier alpha value is -2.04. The van der Waals surface area contributed by atoms with Gasteiger partial charge in [0.2, 0.25) is 0 Å². The van der Waals surface area contributed by atoms with Gasteiger partial charge in [-0.25, -0.2) is 0 Å². The van der Waals surface area contributed by atoms with Gasteiger partial charge < -0.3 is 14.6 Å². The van der Waals surface area contributed by atoms with Crippen LogP contribution in [-0.2, 0) is 6.42 Å². The van der Waals surface area contributed by atoms with Crippen LogP contribution in [0.5, 0.6) is 5.75 Å². The highest BCUT2D eigenvalue weighted by Gasteiger charge is 2.03.